The van der Waals surface area contributed by atoms with Gasteiger partial charge in [0.05, 0.1) is 30.1 Å². The number of amides is 1. The van der Waals surface area contributed by atoms with E-state index in [1.165, 1.54) is 17.0 Å². The van der Waals surface area contributed by atoms with E-state index in [4.69, 9.17) is 0 Å². The summed E-state index contributed by atoms with van der Waals surface area (Å²) in [5.41, 5.74) is 1.95. The number of rotatable bonds is 3. The quantitative estimate of drug-likeness (QED) is 0.743. The van der Waals surface area contributed by atoms with E-state index in [-0.39, 0.29) is 18.0 Å². The molecule has 7 heteroatoms. The van der Waals surface area contributed by atoms with Crippen molar-refractivity contribution in [1.82, 2.24) is 19.6 Å². The Morgan fingerprint density at radius 3 is 2.76 bits per heavy atom. The zero-order valence-electron chi connectivity index (χ0n) is 15.7. The molecule has 0 bridgehead atoms. The first-order valence-corrected chi connectivity index (χ1v) is 9.29. The highest BCUT2D eigenvalue weighted by atomic mass is 19.1. The molecule has 4 heterocycles. The molecule has 5 nitrogen and oxygen atoms in total. The van der Waals surface area contributed by atoms with Crippen LogP contribution >= 0.6 is 0 Å². The number of nitrogens with one attached hydrogen (secondary N) is 1. The van der Waals surface area contributed by atoms with Crippen molar-refractivity contribution in [1.29, 1.82) is 0 Å². The van der Waals surface area contributed by atoms with Gasteiger partial charge in [0, 0.05) is 23.9 Å². The number of benzene rings is 1. The number of carbonyl (C=O) groups excluding carboxylic acids is 1. The van der Waals surface area contributed by atoms with Crippen LogP contribution in [0.1, 0.15) is 12.5 Å². The SMILES string of the molecule is CC12CN(Cc3c(F)cc(-c4ccc5cncn5c4)cc3F)C(=O)C1=CC=CN2. The lowest BCUT2D eigenvalue weighted by Crippen LogP contribution is -2.43. The molecule has 3 aromatic rings. The van der Waals surface area contributed by atoms with E-state index in [0.29, 0.717) is 23.2 Å². The van der Waals surface area contributed by atoms with Gasteiger partial charge in [-0.15, -0.1) is 0 Å². The largest absolute Gasteiger partial charge is 0.380 e. The summed E-state index contributed by atoms with van der Waals surface area (Å²) >= 11 is 0. The van der Waals surface area contributed by atoms with Gasteiger partial charge < -0.3 is 14.6 Å². The molecule has 2 aromatic heterocycles. The Morgan fingerprint density at radius 2 is 2.00 bits per heavy atom. The third-order valence-electron chi connectivity index (χ3n) is 5.61. The van der Waals surface area contributed by atoms with Gasteiger partial charge in [-0.2, -0.15) is 0 Å². The molecule has 2 aliphatic heterocycles. The topological polar surface area (TPSA) is 49.6 Å². The number of halogens is 2. The second-order valence-corrected chi connectivity index (χ2v) is 7.64. The third kappa shape index (κ3) is 2.81. The summed E-state index contributed by atoms with van der Waals surface area (Å²) in [6, 6.07) is 6.26. The van der Waals surface area contributed by atoms with Crippen LogP contribution < -0.4 is 5.32 Å². The van der Waals surface area contributed by atoms with Crippen LogP contribution in [0.15, 0.2) is 66.9 Å². The molecular formula is C22H18F2N4O. The molecule has 29 heavy (non-hydrogen) atoms. The molecule has 1 aromatic carbocycles. The van der Waals surface area contributed by atoms with E-state index < -0.39 is 17.2 Å². The summed E-state index contributed by atoms with van der Waals surface area (Å²) in [5.74, 6) is -1.55. The Morgan fingerprint density at radius 1 is 1.21 bits per heavy atom. The van der Waals surface area contributed by atoms with Gasteiger partial charge in [-0.3, -0.25) is 4.79 Å². The van der Waals surface area contributed by atoms with Crippen LogP contribution in [0.5, 0.6) is 0 Å². The van der Waals surface area contributed by atoms with Crippen molar-refractivity contribution in [3.8, 4) is 11.1 Å². The molecule has 1 amide bonds. The summed E-state index contributed by atoms with van der Waals surface area (Å²) in [5, 5.41) is 3.17. The van der Waals surface area contributed by atoms with Gasteiger partial charge in [-0.05, 0) is 54.6 Å². The Bertz CT molecular complexity index is 1190. The van der Waals surface area contributed by atoms with Gasteiger partial charge in [0.2, 0.25) is 0 Å². The number of likely N-dealkylation sites (tertiary alicyclic amines) is 1. The molecule has 0 spiro atoms. The number of imidazole rings is 1. The van der Waals surface area contributed by atoms with Crippen molar-refractivity contribution in [3.05, 3.63) is 84.1 Å². The Balaban J connectivity index is 1.45. The van der Waals surface area contributed by atoms with Gasteiger partial charge >= 0.3 is 0 Å². The minimum absolute atomic E-state index is 0.110. The summed E-state index contributed by atoms with van der Waals surface area (Å²) in [6.07, 6.45) is 10.4. The summed E-state index contributed by atoms with van der Waals surface area (Å²) in [6.45, 7) is 2.13. The number of allylic oxidation sites excluding steroid dienone is 2. The van der Waals surface area contributed by atoms with Gasteiger partial charge in [-0.1, -0.05) is 6.07 Å². The maximum atomic E-state index is 14.9. The maximum Gasteiger partial charge on any atom is 0.252 e. The molecule has 5 rings (SSSR count). The van der Waals surface area contributed by atoms with Crippen molar-refractivity contribution >= 4 is 11.4 Å². The number of nitrogens with zero attached hydrogens (tertiary/aromatic N) is 3. The molecule has 1 N–H and O–H groups in total. The standard InChI is InChI=1S/C22H18F2N4O/c1-22-12-27(21(29)18(22)3-2-6-26-22)11-17-19(23)7-15(8-20(17)24)14-4-5-16-9-25-13-28(16)10-14/h2-10,13,26H,11-12H2,1H3. The van der Waals surface area contributed by atoms with E-state index in [1.807, 2.05) is 13.0 Å². The lowest BCUT2D eigenvalue weighted by molar-refractivity contribution is -0.125. The maximum absolute atomic E-state index is 14.9. The molecule has 1 saturated heterocycles. The van der Waals surface area contributed by atoms with Crippen LogP contribution in [-0.2, 0) is 11.3 Å². The summed E-state index contributed by atoms with van der Waals surface area (Å²) < 4.78 is 31.5. The second-order valence-electron chi connectivity index (χ2n) is 7.64. The number of carbonyl (C=O) groups is 1. The average molecular weight is 392 g/mol. The molecule has 1 unspecified atom stereocenters. The normalized spacial score (nSPS) is 20.7. The average Bonchev–Trinajstić information content (AvgIpc) is 3.26. The Kier molecular flexibility index (Phi) is 3.81. The highest BCUT2D eigenvalue weighted by Crippen LogP contribution is 2.33. The number of hydrogen-bond acceptors (Lipinski definition) is 3. The molecule has 0 aliphatic carbocycles. The van der Waals surface area contributed by atoms with Crippen molar-refractivity contribution in [2.24, 2.45) is 0 Å². The first-order chi connectivity index (χ1) is 13.9. The number of fused-ring (bicyclic) bond motifs is 2. The summed E-state index contributed by atoms with van der Waals surface area (Å²) in [4.78, 5) is 18.2. The monoisotopic (exact) mass is 392 g/mol. The summed E-state index contributed by atoms with van der Waals surface area (Å²) in [7, 11) is 0. The fraction of sp³-hybridized carbons (Fsp3) is 0.182. The fourth-order valence-corrected chi connectivity index (χ4v) is 4.03. The first-order valence-electron chi connectivity index (χ1n) is 9.29. The molecule has 1 fully saturated rings. The lowest BCUT2D eigenvalue weighted by atomic mass is 9.93. The van der Waals surface area contributed by atoms with E-state index >= 15 is 0 Å². The Hall–Kier alpha value is -3.48. The minimum Gasteiger partial charge on any atom is -0.380 e. The van der Waals surface area contributed by atoms with E-state index in [1.54, 1.807) is 47.5 Å². The van der Waals surface area contributed by atoms with Crippen LogP contribution in [0, 0.1) is 11.6 Å². The number of hydrogen-bond donors (Lipinski definition) is 1. The van der Waals surface area contributed by atoms with Gasteiger partial charge in [-0.25, -0.2) is 13.8 Å². The smallest absolute Gasteiger partial charge is 0.252 e. The number of dihydropyridines is 1. The number of pyridine rings is 1. The van der Waals surface area contributed by atoms with Crippen molar-refractivity contribution in [3.63, 3.8) is 0 Å². The third-order valence-corrected chi connectivity index (χ3v) is 5.61. The van der Waals surface area contributed by atoms with Crippen LogP contribution in [0.4, 0.5) is 8.78 Å². The van der Waals surface area contributed by atoms with E-state index in [9.17, 15) is 13.6 Å². The van der Waals surface area contributed by atoms with Crippen LogP contribution in [0.2, 0.25) is 0 Å². The first kappa shape index (κ1) is 17.6. The predicted molar refractivity (Wildman–Crippen MR) is 105 cm³/mol. The molecule has 1 atom stereocenters. The predicted octanol–water partition coefficient (Wildman–Crippen LogP) is 3.42. The van der Waals surface area contributed by atoms with E-state index in [0.717, 1.165) is 5.52 Å². The van der Waals surface area contributed by atoms with Crippen molar-refractivity contribution in [2.75, 3.05) is 6.54 Å². The second kappa shape index (κ2) is 6.27. The molecule has 0 radical (unpaired) electrons. The van der Waals surface area contributed by atoms with Crippen molar-refractivity contribution in [2.45, 2.75) is 19.0 Å². The van der Waals surface area contributed by atoms with Crippen LogP contribution in [0.3, 0.4) is 0 Å². The van der Waals surface area contributed by atoms with Gasteiger partial charge in [0.25, 0.3) is 5.91 Å². The fourth-order valence-electron chi connectivity index (χ4n) is 4.03. The van der Waals surface area contributed by atoms with Crippen molar-refractivity contribution < 1.29 is 13.6 Å². The molecule has 0 saturated carbocycles. The molecule has 2 aliphatic rings. The van der Waals surface area contributed by atoms with Crippen LogP contribution in [0.25, 0.3) is 16.6 Å². The van der Waals surface area contributed by atoms with Gasteiger partial charge in [0.1, 0.15) is 11.6 Å². The zero-order chi connectivity index (χ0) is 20.2. The molecular weight excluding hydrogens is 374 g/mol. The lowest BCUT2D eigenvalue weighted by Gasteiger charge is -2.27. The van der Waals surface area contributed by atoms with E-state index in [2.05, 4.69) is 10.3 Å². The van der Waals surface area contributed by atoms with Gasteiger partial charge in [0.15, 0.2) is 0 Å². The minimum atomic E-state index is -0.668. The number of aromatic nitrogens is 2. The Labute approximate surface area is 166 Å². The van der Waals surface area contributed by atoms with Crippen LogP contribution in [-0.4, -0.2) is 32.3 Å². The zero-order valence-corrected chi connectivity index (χ0v) is 15.7. The highest BCUT2D eigenvalue weighted by molar-refractivity contribution is 5.99. The molecule has 146 valence electrons. The highest BCUT2D eigenvalue weighted by Gasteiger charge is 2.44.